The SMILES string of the molecule is O=C(Nc1nc(-c2ccc3c(c2)CCCC3)cs1)C1=NN(C2CCS(=O)(=O)C2)C(=O)CC1. The van der Waals surface area contributed by atoms with Gasteiger partial charge in [0.15, 0.2) is 15.0 Å². The molecule has 0 bridgehead atoms. The molecule has 2 aliphatic heterocycles. The standard InChI is InChI=1S/C22H24N4O4S2/c27-20-8-7-18(25-26(20)17-9-10-32(29,30)13-17)21(28)24-22-23-19(12-31-22)16-6-5-14-3-1-2-4-15(14)11-16/h5-6,11-12,17H,1-4,7-10,13H2,(H,23,24,28). The first-order valence-electron chi connectivity index (χ1n) is 10.9. The monoisotopic (exact) mass is 472 g/mol. The number of nitrogens with zero attached hydrogens (tertiary/aromatic N) is 3. The van der Waals surface area contributed by atoms with Gasteiger partial charge in [-0.15, -0.1) is 11.3 Å². The third-order valence-electron chi connectivity index (χ3n) is 6.24. The van der Waals surface area contributed by atoms with Gasteiger partial charge in [-0.1, -0.05) is 12.1 Å². The number of thiazole rings is 1. The molecular formula is C22H24N4O4S2. The summed E-state index contributed by atoms with van der Waals surface area (Å²) in [6, 6.07) is 5.95. The summed E-state index contributed by atoms with van der Waals surface area (Å²) < 4.78 is 23.5. The van der Waals surface area contributed by atoms with Gasteiger partial charge in [-0.2, -0.15) is 5.10 Å². The minimum absolute atomic E-state index is 0.0447. The highest BCUT2D eigenvalue weighted by molar-refractivity contribution is 7.91. The molecule has 0 spiro atoms. The number of aryl methyl sites for hydroxylation is 2. The third-order valence-corrected chi connectivity index (χ3v) is 8.75. The quantitative estimate of drug-likeness (QED) is 0.736. The molecule has 168 valence electrons. The Morgan fingerprint density at radius 2 is 1.94 bits per heavy atom. The fourth-order valence-corrected chi connectivity index (χ4v) is 6.92. The molecular weight excluding hydrogens is 448 g/mol. The number of hydrogen-bond acceptors (Lipinski definition) is 7. The van der Waals surface area contributed by atoms with Crippen molar-refractivity contribution >= 4 is 43.8 Å². The van der Waals surface area contributed by atoms with E-state index < -0.39 is 21.8 Å². The minimum Gasteiger partial charge on any atom is -0.297 e. The van der Waals surface area contributed by atoms with Crippen LogP contribution < -0.4 is 5.32 Å². The van der Waals surface area contributed by atoms with Crippen molar-refractivity contribution < 1.29 is 18.0 Å². The number of nitrogens with one attached hydrogen (secondary N) is 1. The number of amides is 2. The van der Waals surface area contributed by atoms with E-state index in [1.54, 1.807) is 0 Å². The maximum absolute atomic E-state index is 12.8. The third kappa shape index (κ3) is 4.33. The molecule has 2 amide bonds. The highest BCUT2D eigenvalue weighted by Gasteiger charge is 2.37. The van der Waals surface area contributed by atoms with Crippen LogP contribution in [0, 0.1) is 0 Å². The van der Waals surface area contributed by atoms with Crippen molar-refractivity contribution in [1.82, 2.24) is 9.99 Å². The van der Waals surface area contributed by atoms with Crippen molar-refractivity contribution in [2.24, 2.45) is 5.10 Å². The van der Waals surface area contributed by atoms with Gasteiger partial charge in [0.05, 0.1) is 23.2 Å². The molecule has 0 radical (unpaired) electrons. The highest BCUT2D eigenvalue weighted by atomic mass is 32.2. The first-order chi connectivity index (χ1) is 15.4. The average molecular weight is 473 g/mol. The molecule has 1 atom stereocenters. The smallest absolute Gasteiger partial charge is 0.273 e. The molecule has 1 unspecified atom stereocenters. The summed E-state index contributed by atoms with van der Waals surface area (Å²) in [4.78, 5) is 29.6. The van der Waals surface area contributed by atoms with E-state index in [0.29, 0.717) is 11.6 Å². The molecule has 1 fully saturated rings. The van der Waals surface area contributed by atoms with Crippen molar-refractivity contribution in [3.63, 3.8) is 0 Å². The number of fused-ring (bicyclic) bond motifs is 1. The minimum atomic E-state index is -3.16. The number of rotatable bonds is 4. The van der Waals surface area contributed by atoms with E-state index in [-0.39, 0.29) is 36.0 Å². The van der Waals surface area contributed by atoms with Gasteiger partial charge >= 0.3 is 0 Å². The first-order valence-corrected chi connectivity index (χ1v) is 13.6. The summed E-state index contributed by atoms with van der Waals surface area (Å²) in [5.41, 5.74) is 4.86. The van der Waals surface area contributed by atoms with Crippen LogP contribution >= 0.6 is 11.3 Å². The Morgan fingerprint density at radius 1 is 1.12 bits per heavy atom. The largest absolute Gasteiger partial charge is 0.297 e. The molecule has 1 aromatic carbocycles. The van der Waals surface area contributed by atoms with E-state index in [1.807, 2.05) is 5.38 Å². The summed E-state index contributed by atoms with van der Waals surface area (Å²) in [6.45, 7) is 0. The number of benzene rings is 1. The van der Waals surface area contributed by atoms with E-state index in [4.69, 9.17) is 0 Å². The topological polar surface area (TPSA) is 109 Å². The average Bonchev–Trinajstić information content (AvgIpc) is 3.39. The molecule has 1 aromatic heterocycles. The van der Waals surface area contributed by atoms with Crippen molar-refractivity contribution in [3.8, 4) is 11.3 Å². The maximum Gasteiger partial charge on any atom is 0.273 e. The predicted molar refractivity (Wildman–Crippen MR) is 123 cm³/mol. The van der Waals surface area contributed by atoms with Crippen LogP contribution in [0.2, 0.25) is 0 Å². The van der Waals surface area contributed by atoms with Crippen molar-refractivity contribution in [2.45, 2.75) is 51.0 Å². The number of carbonyl (C=O) groups excluding carboxylic acids is 2. The summed E-state index contributed by atoms with van der Waals surface area (Å²) in [5.74, 6) is -0.709. The molecule has 32 heavy (non-hydrogen) atoms. The van der Waals surface area contributed by atoms with Gasteiger partial charge in [-0.3, -0.25) is 14.9 Å². The maximum atomic E-state index is 12.8. The second kappa shape index (κ2) is 8.40. The molecule has 0 saturated carbocycles. The molecule has 10 heteroatoms. The predicted octanol–water partition coefficient (Wildman–Crippen LogP) is 2.79. The summed E-state index contributed by atoms with van der Waals surface area (Å²) in [6.07, 6.45) is 5.39. The van der Waals surface area contributed by atoms with E-state index in [2.05, 4.69) is 33.6 Å². The summed E-state index contributed by atoms with van der Waals surface area (Å²) >= 11 is 1.34. The van der Waals surface area contributed by atoms with Crippen LogP contribution in [0.25, 0.3) is 11.3 Å². The molecule has 8 nitrogen and oxygen atoms in total. The van der Waals surface area contributed by atoms with E-state index in [1.165, 1.54) is 40.3 Å². The zero-order valence-corrected chi connectivity index (χ0v) is 19.2. The van der Waals surface area contributed by atoms with Gasteiger partial charge in [0.25, 0.3) is 5.91 Å². The Bertz CT molecular complexity index is 1220. The van der Waals surface area contributed by atoms with Gasteiger partial charge in [0, 0.05) is 23.8 Å². The number of anilines is 1. The van der Waals surface area contributed by atoms with Crippen molar-refractivity contribution in [2.75, 3.05) is 16.8 Å². The van der Waals surface area contributed by atoms with Gasteiger partial charge in [0.2, 0.25) is 5.91 Å². The Labute approximate surface area is 190 Å². The van der Waals surface area contributed by atoms with Crippen LogP contribution in [0.15, 0.2) is 28.7 Å². The fraction of sp³-hybridized carbons (Fsp3) is 0.455. The summed E-state index contributed by atoms with van der Waals surface area (Å²) in [7, 11) is -3.16. The lowest BCUT2D eigenvalue weighted by atomic mass is 9.90. The number of hydrogen-bond donors (Lipinski definition) is 1. The van der Waals surface area contributed by atoms with Crippen LogP contribution in [-0.2, 0) is 32.3 Å². The van der Waals surface area contributed by atoms with E-state index in [9.17, 15) is 18.0 Å². The van der Waals surface area contributed by atoms with Gasteiger partial charge in [-0.05, 0) is 49.3 Å². The Hall–Kier alpha value is -2.59. The second-order valence-corrected chi connectivity index (χ2v) is 11.6. The van der Waals surface area contributed by atoms with Crippen LogP contribution in [0.3, 0.4) is 0 Å². The number of carbonyl (C=O) groups is 2. The Kier molecular flexibility index (Phi) is 5.58. The van der Waals surface area contributed by atoms with Crippen LogP contribution in [0.4, 0.5) is 5.13 Å². The lowest BCUT2D eigenvalue weighted by molar-refractivity contribution is -0.133. The molecule has 1 saturated heterocycles. The zero-order valence-electron chi connectivity index (χ0n) is 17.5. The lowest BCUT2D eigenvalue weighted by Gasteiger charge is -2.27. The Balaban J connectivity index is 1.30. The molecule has 3 heterocycles. The lowest BCUT2D eigenvalue weighted by Crippen LogP contribution is -2.42. The molecule has 5 rings (SSSR count). The first kappa shape index (κ1) is 21.3. The van der Waals surface area contributed by atoms with Gasteiger partial charge in [0.1, 0.15) is 5.71 Å². The van der Waals surface area contributed by atoms with Crippen LogP contribution in [0.5, 0.6) is 0 Å². The van der Waals surface area contributed by atoms with E-state index >= 15 is 0 Å². The number of sulfone groups is 1. The number of aromatic nitrogens is 1. The van der Waals surface area contributed by atoms with Crippen LogP contribution in [-0.4, -0.2) is 53.5 Å². The van der Waals surface area contributed by atoms with Crippen LogP contribution in [0.1, 0.15) is 43.2 Å². The zero-order chi connectivity index (χ0) is 22.3. The Morgan fingerprint density at radius 3 is 2.72 bits per heavy atom. The molecule has 1 N–H and O–H groups in total. The van der Waals surface area contributed by atoms with E-state index in [0.717, 1.165) is 24.1 Å². The van der Waals surface area contributed by atoms with Crippen molar-refractivity contribution in [3.05, 3.63) is 34.7 Å². The van der Waals surface area contributed by atoms with Gasteiger partial charge < -0.3 is 0 Å². The summed E-state index contributed by atoms with van der Waals surface area (Å²) in [5, 5.41) is 10.6. The highest BCUT2D eigenvalue weighted by Crippen LogP contribution is 2.30. The normalized spacial score (nSPS) is 22.4. The molecule has 1 aliphatic carbocycles. The fourth-order valence-electron chi connectivity index (χ4n) is 4.51. The van der Waals surface area contributed by atoms with Gasteiger partial charge in [-0.25, -0.2) is 18.4 Å². The second-order valence-electron chi connectivity index (χ2n) is 8.52. The molecule has 2 aromatic rings. The van der Waals surface area contributed by atoms with Crippen molar-refractivity contribution in [1.29, 1.82) is 0 Å². The molecule has 3 aliphatic rings. The number of hydrazone groups is 1.